The molecular weight excluding hydrogens is 402 g/mol. The number of furan rings is 1. The molecule has 0 fully saturated rings. The summed E-state index contributed by atoms with van der Waals surface area (Å²) in [6, 6.07) is 15.0. The van der Waals surface area contributed by atoms with E-state index in [0.29, 0.717) is 31.9 Å². The molecule has 0 saturated heterocycles. The second kappa shape index (κ2) is 6.45. The van der Waals surface area contributed by atoms with Gasteiger partial charge in [-0.05, 0) is 47.8 Å². The third-order valence-electron chi connectivity index (χ3n) is 3.95. The number of benzene rings is 1. The van der Waals surface area contributed by atoms with Crippen LogP contribution in [0.4, 0.5) is 0 Å². The van der Waals surface area contributed by atoms with E-state index in [-0.39, 0.29) is 5.56 Å². The molecule has 0 saturated carbocycles. The van der Waals surface area contributed by atoms with E-state index in [0.717, 1.165) is 10.4 Å². The Labute approximate surface area is 165 Å². The monoisotopic (exact) mass is 411 g/mol. The summed E-state index contributed by atoms with van der Waals surface area (Å²) < 4.78 is 7.71. The van der Waals surface area contributed by atoms with Crippen molar-refractivity contribution in [1.29, 1.82) is 0 Å². The number of fused-ring (bicyclic) bond motifs is 1. The lowest BCUT2D eigenvalue weighted by Gasteiger charge is -1.96. The van der Waals surface area contributed by atoms with E-state index >= 15 is 0 Å². The molecule has 0 aliphatic carbocycles. The quantitative estimate of drug-likeness (QED) is 0.443. The van der Waals surface area contributed by atoms with Crippen molar-refractivity contribution in [3.05, 3.63) is 79.6 Å². The molecule has 0 bridgehead atoms. The Morgan fingerprint density at radius 3 is 2.70 bits per heavy atom. The topological polar surface area (TPSA) is 60.4 Å². The van der Waals surface area contributed by atoms with Crippen molar-refractivity contribution in [3.8, 4) is 22.0 Å². The van der Waals surface area contributed by atoms with Crippen LogP contribution in [0.5, 0.6) is 0 Å². The van der Waals surface area contributed by atoms with Crippen LogP contribution >= 0.6 is 34.3 Å². The highest BCUT2D eigenvalue weighted by molar-refractivity contribution is 7.15. The van der Waals surface area contributed by atoms with Crippen molar-refractivity contribution < 1.29 is 4.42 Å². The molecule has 5 nitrogen and oxygen atoms in total. The van der Waals surface area contributed by atoms with E-state index in [1.54, 1.807) is 17.4 Å². The molecule has 0 spiro atoms. The maximum atomic E-state index is 12.6. The average Bonchev–Trinajstić information content (AvgIpc) is 3.43. The molecule has 8 heteroatoms. The minimum atomic E-state index is -0.199. The van der Waals surface area contributed by atoms with Crippen molar-refractivity contribution in [3.63, 3.8) is 0 Å². The van der Waals surface area contributed by atoms with Crippen LogP contribution in [0.2, 0.25) is 5.02 Å². The largest absolute Gasteiger partial charge is 0.457 e. The van der Waals surface area contributed by atoms with E-state index in [1.165, 1.54) is 15.9 Å². The Balaban J connectivity index is 1.53. The first-order valence-corrected chi connectivity index (χ1v) is 10.1. The van der Waals surface area contributed by atoms with Gasteiger partial charge in [-0.25, -0.2) is 0 Å². The van der Waals surface area contributed by atoms with Crippen LogP contribution in [0.3, 0.4) is 0 Å². The van der Waals surface area contributed by atoms with Crippen molar-refractivity contribution in [2.45, 2.75) is 0 Å². The number of hydrogen-bond donors (Lipinski definition) is 0. The normalized spacial score (nSPS) is 12.3. The minimum Gasteiger partial charge on any atom is -0.457 e. The number of rotatable bonds is 3. The summed E-state index contributed by atoms with van der Waals surface area (Å²) in [4.78, 5) is 18.6. The van der Waals surface area contributed by atoms with Crippen molar-refractivity contribution >= 4 is 45.3 Å². The second-order valence-electron chi connectivity index (χ2n) is 5.73. The fourth-order valence-corrected chi connectivity index (χ4v) is 4.34. The van der Waals surface area contributed by atoms with Crippen LogP contribution in [0.25, 0.3) is 33.1 Å². The predicted octanol–water partition coefficient (Wildman–Crippen LogP) is 4.34. The first-order valence-electron chi connectivity index (χ1n) is 7.98. The number of nitrogens with zero attached hydrogens (tertiary/aromatic N) is 3. The highest BCUT2D eigenvalue weighted by Gasteiger charge is 2.13. The van der Waals surface area contributed by atoms with Gasteiger partial charge in [0.1, 0.15) is 16.1 Å². The molecule has 0 radical (unpaired) electrons. The molecule has 0 atom stereocenters. The third-order valence-corrected chi connectivity index (χ3v) is 6.03. The maximum Gasteiger partial charge on any atom is 0.291 e. The van der Waals surface area contributed by atoms with Gasteiger partial charge in [0.15, 0.2) is 5.82 Å². The summed E-state index contributed by atoms with van der Waals surface area (Å²) in [7, 11) is 0. The Kier molecular flexibility index (Phi) is 3.93. The van der Waals surface area contributed by atoms with Gasteiger partial charge in [-0.3, -0.25) is 4.79 Å². The van der Waals surface area contributed by atoms with Crippen LogP contribution < -0.4 is 10.1 Å². The zero-order valence-electron chi connectivity index (χ0n) is 13.6. The number of thiophene rings is 1. The van der Waals surface area contributed by atoms with Crippen LogP contribution in [0, 0.1) is 0 Å². The van der Waals surface area contributed by atoms with E-state index in [4.69, 9.17) is 16.0 Å². The van der Waals surface area contributed by atoms with Crippen LogP contribution in [-0.2, 0) is 0 Å². The second-order valence-corrected chi connectivity index (χ2v) is 8.13. The van der Waals surface area contributed by atoms with Gasteiger partial charge in [-0.15, -0.1) is 16.4 Å². The molecule has 132 valence electrons. The molecule has 0 aliphatic heterocycles. The Morgan fingerprint density at radius 2 is 1.96 bits per heavy atom. The Hall–Kier alpha value is -2.74. The molecule has 0 N–H and O–H groups in total. The number of halogens is 1. The van der Waals surface area contributed by atoms with Gasteiger partial charge in [-0.2, -0.15) is 9.50 Å². The number of hydrogen-bond acceptors (Lipinski definition) is 6. The van der Waals surface area contributed by atoms with E-state index in [1.807, 2.05) is 53.9 Å². The minimum absolute atomic E-state index is 0.199. The molecule has 5 rings (SSSR count). The van der Waals surface area contributed by atoms with Gasteiger partial charge in [0, 0.05) is 16.7 Å². The van der Waals surface area contributed by atoms with Gasteiger partial charge in [0.05, 0.1) is 4.88 Å². The van der Waals surface area contributed by atoms with E-state index < -0.39 is 0 Å². The van der Waals surface area contributed by atoms with E-state index in [9.17, 15) is 4.79 Å². The first-order chi connectivity index (χ1) is 13.2. The molecule has 27 heavy (non-hydrogen) atoms. The SMILES string of the molecule is O=c1/c(=C\c2ccc(-c3ccc(Cl)cc3)o2)sc2nc(-c3cccs3)nn12. The predicted molar refractivity (Wildman–Crippen MR) is 108 cm³/mol. The van der Waals surface area contributed by atoms with Crippen LogP contribution in [0.15, 0.2) is 63.1 Å². The fraction of sp³-hybridized carbons (Fsp3) is 0. The van der Waals surface area contributed by atoms with E-state index in [2.05, 4.69) is 10.1 Å². The molecule has 5 aromatic rings. The maximum absolute atomic E-state index is 12.6. The Bertz CT molecular complexity index is 1350. The average molecular weight is 412 g/mol. The summed E-state index contributed by atoms with van der Waals surface area (Å²) >= 11 is 8.75. The van der Waals surface area contributed by atoms with Crippen LogP contribution in [0.1, 0.15) is 5.76 Å². The van der Waals surface area contributed by atoms with Crippen molar-refractivity contribution in [2.24, 2.45) is 0 Å². The van der Waals surface area contributed by atoms with Gasteiger partial charge in [0.25, 0.3) is 5.56 Å². The summed E-state index contributed by atoms with van der Waals surface area (Å²) in [5, 5.41) is 6.95. The van der Waals surface area contributed by atoms with Gasteiger partial charge >= 0.3 is 0 Å². The number of aromatic nitrogens is 3. The molecule has 4 heterocycles. The molecule has 0 amide bonds. The molecule has 0 unspecified atom stereocenters. The summed E-state index contributed by atoms with van der Waals surface area (Å²) in [6.07, 6.45) is 1.72. The molecule has 0 aliphatic rings. The lowest BCUT2D eigenvalue weighted by Crippen LogP contribution is -2.23. The summed E-state index contributed by atoms with van der Waals surface area (Å²) in [5.41, 5.74) is 0.722. The van der Waals surface area contributed by atoms with Crippen molar-refractivity contribution in [1.82, 2.24) is 14.6 Å². The standard InChI is InChI=1S/C19H10ClN3O2S2/c20-12-5-3-11(4-6-12)14-8-7-13(25-14)10-16-18(24)23-19(27-16)21-17(22-23)15-2-1-9-26-15/h1-10H/b16-10+. The van der Waals surface area contributed by atoms with Crippen LogP contribution in [-0.4, -0.2) is 14.6 Å². The lowest BCUT2D eigenvalue weighted by molar-refractivity contribution is 0.571. The smallest absolute Gasteiger partial charge is 0.291 e. The van der Waals surface area contributed by atoms with Gasteiger partial charge < -0.3 is 4.42 Å². The van der Waals surface area contributed by atoms with Gasteiger partial charge in [-0.1, -0.05) is 29.0 Å². The molecule has 1 aromatic carbocycles. The third kappa shape index (κ3) is 2.99. The fourth-order valence-electron chi connectivity index (χ4n) is 2.67. The summed E-state index contributed by atoms with van der Waals surface area (Å²) in [6.45, 7) is 0. The number of thiazole rings is 1. The molecular formula is C19H10ClN3O2S2. The highest BCUT2D eigenvalue weighted by Crippen LogP contribution is 2.24. The lowest BCUT2D eigenvalue weighted by atomic mass is 10.2. The Morgan fingerprint density at radius 1 is 1.11 bits per heavy atom. The van der Waals surface area contributed by atoms with Crippen molar-refractivity contribution in [2.75, 3.05) is 0 Å². The first kappa shape index (κ1) is 16.4. The van der Waals surface area contributed by atoms with Gasteiger partial charge in [0.2, 0.25) is 4.96 Å². The highest BCUT2D eigenvalue weighted by atomic mass is 35.5. The zero-order chi connectivity index (χ0) is 18.4. The zero-order valence-corrected chi connectivity index (χ0v) is 16.0. The summed E-state index contributed by atoms with van der Waals surface area (Å²) in [5.74, 6) is 1.88. The molecule has 4 aromatic heterocycles.